The van der Waals surface area contributed by atoms with Crippen LogP contribution in [0.5, 0.6) is 0 Å². The maximum atomic E-state index is 13.7. The van der Waals surface area contributed by atoms with E-state index in [0.29, 0.717) is 6.92 Å². The van der Waals surface area contributed by atoms with Gasteiger partial charge in [-0.1, -0.05) is 0 Å². The van der Waals surface area contributed by atoms with Gasteiger partial charge in [0.05, 0.1) is 11.9 Å². The van der Waals surface area contributed by atoms with Crippen molar-refractivity contribution in [3.05, 3.63) is 12.0 Å². The standard InChI is InChI=1S/C20H25F6N7/c1-11(18(2,21)22)28-14(10-27-3)15-31-16(29-12-4-6-19(23,24)8-12)33-17(32-15)30-13-5-7-20(25,26)9-13/h10,12-13H,3-9H2,1-2H3,(H2,29,30,31,32,33)/b14-10-,28-11+. The van der Waals surface area contributed by atoms with Crippen LogP contribution in [-0.4, -0.2) is 57.2 Å². The molecule has 0 amide bonds. The largest absolute Gasteiger partial charge is 0.351 e. The molecule has 2 fully saturated rings. The number of hydrogen-bond acceptors (Lipinski definition) is 7. The molecule has 1 aromatic rings. The van der Waals surface area contributed by atoms with Gasteiger partial charge in [0.1, 0.15) is 5.70 Å². The van der Waals surface area contributed by atoms with Gasteiger partial charge in [-0.15, -0.1) is 0 Å². The smallest absolute Gasteiger partial charge is 0.282 e. The molecule has 1 aromatic heterocycles. The summed E-state index contributed by atoms with van der Waals surface area (Å²) in [5.41, 5.74) is -0.723. The van der Waals surface area contributed by atoms with E-state index in [1.165, 1.54) is 0 Å². The molecule has 0 saturated heterocycles. The van der Waals surface area contributed by atoms with Crippen LogP contribution in [-0.2, 0) is 0 Å². The third kappa shape index (κ3) is 6.87. The number of halogens is 6. The Balaban J connectivity index is 1.95. The van der Waals surface area contributed by atoms with Gasteiger partial charge in [0.15, 0.2) is 5.82 Å². The fraction of sp³-hybridized carbons (Fsp3) is 0.650. The van der Waals surface area contributed by atoms with Gasteiger partial charge in [0, 0.05) is 44.7 Å². The highest BCUT2D eigenvalue weighted by atomic mass is 19.3. The molecule has 2 aliphatic rings. The van der Waals surface area contributed by atoms with Gasteiger partial charge in [-0.3, -0.25) is 4.99 Å². The molecular formula is C20H25F6N7. The van der Waals surface area contributed by atoms with Crippen LogP contribution in [0.25, 0.3) is 5.70 Å². The molecule has 3 rings (SSSR count). The Morgan fingerprint density at radius 1 is 1.00 bits per heavy atom. The lowest BCUT2D eigenvalue weighted by Crippen LogP contribution is -2.24. The lowest BCUT2D eigenvalue weighted by atomic mass is 10.2. The van der Waals surface area contributed by atoms with Crippen molar-refractivity contribution in [1.29, 1.82) is 0 Å². The summed E-state index contributed by atoms with van der Waals surface area (Å²) in [5.74, 6) is -9.30. The van der Waals surface area contributed by atoms with E-state index in [4.69, 9.17) is 0 Å². The zero-order valence-corrected chi connectivity index (χ0v) is 18.2. The van der Waals surface area contributed by atoms with Crippen molar-refractivity contribution in [1.82, 2.24) is 15.0 Å². The van der Waals surface area contributed by atoms with Crippen LogP contribution in [0.4, 0.5) is 38.2 Å². The number of anilines is 2. The van der Waals surface area contributed by atoms with Crippen LogP contribution in [0.3, 0.4) is 0 Å². The fourth-order valence-corrected chi connectivity index (χ4v) is 3.63. The molecule has 0 aliphatic heterocycles. The van der Waals surface area contributed by atoms with Crippen LogP contribution in [0, 0.1) is 0 Å². The van der Waals surface area contributed by atoms with Gasteiger partial charge in [-0.25, -0.2) is 31.3 Å². The van der Waals surface area contributed by atoms with Crippen LogP contribution in [0.15, 0.2) is 16.2 Å². The van der Waals surface area contributed by atoms with Crippen molar-refractivity contribution in [3.63, 3.8) is 0 Å². The summed E-state index contributed by atoms with van der Waals surface area (Å²) in [6.07, 6.45) is -0.0596. The Labute approximate surface area is 186 Å². The van der Waals surface area contributed by atoms with Crippen molar-refractivity contribution in [2.75, 3.05) is 10.6 Å². The topological polar surface area (TPSA) is 87.5 Å². The third-order valence-corrected chi connectivity index (χ3v) is 5.48. The molecule has 0 radical (unpaired) electrons. The molecular weight excluding hydrogens is 452 g/mol. The second-order valence-electron chi connectivity index (χ2n) is 8.47. The minimum Gasteiger partial charge on any atom is -0.351 e. The van der Waals surface area contributed by atoms with E-state index >= 15 is 0 Å². The Kier molecular flexibility index (Phi) is 6.99. The minimum atomic E-state index is -3.24. The summed E-state index contributed by atoms with van der Waals surface area (Å²) < 4.78 is 81.7. The van der Waals surface area contributed by atoms with Gasteiger partial charge in [0.2, 0.25) is 23.7 Å². The van der Waals surface area contributed by atoms with Gasteiger partial charge >= 0.3 is 0 Å². The molecule has 33 heavy (non-hydrogen) atoms. The van der Waals surface area contributed by atoms with Gasteiger partial charge < -0.3 is 10.6 Å². The van der Waals surface area contributed by atoms with E-state index in [2.05, 4.69) is 42.3 Å². The number of aliphatic imine (C=N–C) groups is 2. The first-order valence-corrected chi connectivity index (χ1v) is 10.4. The van der Waals surface area contributed by atoms with Crippen molar-refractivity contribution in [2.24, 2.45) is 9.98 Å². The molecule has 0 spiro atoms. The normalized spacial score (nSPS) is 25.2. The first-order valence-electron chi connectivity index (χ1n) is 10.4. The third-order valence-electron chi connectivity index (χ3n) is 5.48. The lowest BCUT2D eigenvalue weighted by Gasteiger charge is -2.17. The average molecular weight is 477 g/mol. The minimum absolute atomic E-state index is 0.110. The number of aromatic nitrogens is 3. The Bertz CT molecular complexity index is 895. The van der Waals surface area contributed by atoms with E-state index in [1.807, 2.05) is 0 Å². The number of hydrogen-bond donors (Lipinski definition) is 2. The van der Waals surface area contributed by atoms with E-state index < -0.39 is 48.4 Å². The number of nitrogens with one attached hydrogen (secondary N) is 2. The molecule has 2 atom stereocenters. The van der Waals surface area contributed by atoms with Crippen LogP contribution >= 0.6 is 0 Å². The number of nitrogens with zero attached hydrogens (tertiary/aromatic N) is 5. The first-order chi connectivity index (χ1) is 15.3. The molecule has 1 heterocycles. The summed E-state index contributed by atoms with van der Waals surface area (Å²) in [6.45, 7) is 5.06. The summed E-state index contributed by atoms with van der Waals surface area (Å²) in [7, 11) is 0. The van der Waals surface area contributed by atoms with E-state index in [0.717, 1.165) is 13.1 Å². The summed E-state index contributed by atoms with van der Waals surface area (Å²) in [6, 6.07) is -1.26. The number of alkyl halides is 6. The van der Waals surface area contributed by atoms with Crippen molar-refractivity contribution < 1.29 is 26.3 Å². The Hall–Kier alpha value is -2.73. The average Bonchev–Trinajstić information content (AvgIpc) is 3.20. The van der Waals surface area contributed by atoms with E-state index in [1.54, 1.807) is 0 Å². The summed E-state index contributed by atoms with van der Waals surface area (Å²) in [4.78, 5) is 19.8. The van der Waals surface area contributed by atoms with Crippen LogP contribution < -0.4 is 10.6 Å². The zero-order valence-electron chi connectivity index (χ0n) is 18.2. The fourth-order valence-electron chi connectivity index (χ4n) is 3.63. The van der Waals surface area contributed by atoms with Gasteiger partial charge in [0.25, 0.3) is 5.92 Å². The highest BCUT2D eigenvalue weighted by molar-refractivity contribution is 5.92. The van der Waals surface area contributed by atoms with E-state index in [-0.39, 0.29) is 49.1 Å². The molecule has 2 saturated carbocycles. The quantitative estimate of drug-likeness (QED) is 0.398. The zero-order chi connectivity index (χ0) is 24.4. The molecule has 13 heteroatoms. The molecule has 0 aromatic carbocycles. The maximum Gasteiger partial charge on any atom is 0.282 e. The van der Waals surface area contributed by atoms with Crippen molar-refractivity contribution in [3.8, 4) is 0 Å². The highest BCUT2D eigenvalue weighted by Gasteiger charge is 2.41. The van der Waals surface area contributed by atoms with Crippen LogP contribution in [0.2, 0.25) is 0 Å². The predicted molar refractivity (Wildman–Crippen MR) is 114 cm³/mol. The highest BCUT2D eigenvalue weighted by Crippen LogP contribution is 2.37. The molecule has 182 valence electrons. The molecule has 2 unspecified atom stereocenters. The molecule has 0 bridgehead atoms. The number of rotatable bonds is 8. The molecule has 2 N–H and O–H groups in total. The van der Waals surface area contributed by atoms with Crippen molar-refractivity contribution >= 4 is 30.0 Å². The predicted octanol–water partition coefficient (Wildman–Crippen LogP) is 5.19. The second-order valence-corrected chi connectivity index (χ2v) is 8.47. The van der Waals surface area contributed by atoms with E-state index in [9.17, 15) is 26.3 Å². The van der Waals surface area contributed by atoms with Gasteiger partial charge in [-0.2, -0.15) is 15.0 Å². The summed E-state index contributed by atoms with van der Waals surface area (Å²) >= 11 is 0. The monoisotopic (exact) mass is 477 g/mol. The SMILES string of the molecule is C=N/C=C(\N=C(/C)C(C)(F)F)c1nc(NC2CCC(F)(F)C2)nc(NC2CCC(F)(F)C2)n1. The molecule has 7 nitrogen and oxygen atoms in total. The van der Waals surface area contributed by atoms with Crippen molar-refractivity contribution in [2.45, 2.75) is 82.2 Å². The Morgan fingerprint density at radius 3 is 1.85 bits per heavy atom. The van der Waals surface area contributed by atoms with Crippen LogP contribution in [0.1, 0.15) is 58.2 Å². The first kappa shape index (κ1) is 24.9. The Morgan fingerprint density at radius 2 is 1.48 bits per heavy atom. The lowest BCUT2D eigenvalue weighted by molar-refractivity contribution is 0.00781. The van der Waals surface area contributed by atoms with Gasteiger partial charge in [-0.05, 0) is 26.5 Å². The summed E-state index contributed by atoms with van der Waals surface area (Å²) in [5, 5.41) is 5.60. The maximum absolute atomic E-state index is 13.7. The molecule has 2 aliphatic carbocycles. The second kappa shape index (κ2) is 9.26.